The van der Waals surface area contributed by atoms with Gasteiger partial charge in [-0.1, -0.05) is 26.2 Å². The molecule has 0 aromatic carbocycles. The molecule has 0 spiro atoms. The Balaban J connectivity index is 4.51. The second kappa shape index (κ2) is 6.71. The van der Waals surface area contributed by atoms with E-state index in [0.717, 1.165) is 19.3 Å². The summed E-state index contributed by atoms with van der Waals surface area (Å²) >= 11 is 4.02. The molecule has 15 heavy (non-hydrogen) atoms. The summed E-state index contributed by atoms with van der Waals surface area (Å²) in [6.45, 7) is 3.36. The number of carboxylic acid groups (broad SMARTS) is 1. The van der Waals surface area contributed by atoms with Crippen molar-refractivity contribution in [2.75, 3.05) is 5.75 Å². The van der Waals surface area contributed by atoms with Gasteiger partial charge in [-0.3, -0.25) is 4.79 Å². The molecule has 0 aliphatic heterocycles. The van der Waals surface area contributed by atoms with E-state index in [9.17, 15) is 9.59 Å². The molecule has 0 saturated carbocycles. The van der Waals surface area contributed by atoms with E-state index in [1.54, 1.807) is 0 Å². The molecule has 2 N–H and O–H groups in total. The SMILES string of the molecule is CCCCC[C@@](CS)(NC(C)=O)C(=O)O. The molecule has 0 radical (unpaired) electrons. The Morgan fingerprint density at radius 2 is 2.00 bits per heavy atom. The third-order valence-corrected chi connectivity index (χ3v) is 2.84. The highest BCUT2D eigenvalue weighted by molar-refractivity contribution is 7.80. The van der Waals surface area contributed by atoms with Gasteiger partial charge in [-0.05, 0) is 6.42 Å². The molecular formula is C10H19NO3S. The van der Waals surface area contributed by atoms with E-state index in [1.807, 2.05) is 6.92 Å². The first-order chi connectivity index (χ1) is 6.98. The fraction of sp³-hybridized carbons (Fsp3) is 0.800. The van der Waals surface area contributed by atoms with Gasteiger partial charge in [-0.25, -0.2) is 4.79 Å². The van der Waals surface area contributed by atoms with Gasteiger partial charge in [0, 0.05) is 12.7 Å². The maximum absolute atomic E-state index is 11.1. The number of hydrogen-bond donors (Lipinski definition) is 3. The smallest absolute Gasteiger partial charge is 0.330 e. The first kappa shape index (κ1) is 14.3. The summed E-state index contributed by atoms with van der Waals surface area (Å²) in [7, 11) is 0. The zero-order valence-electron chi connectivity index (χ0n) is 9.25. The van der Waals surface area contributed by atoms with Gasteiger partial charge in [-0.2, -0.15) is 12.6 Å². The molecule has 0 saturated heterocycles. The van der Waals surface area contributed by atoms with Gasteiger partial charge in [0.2, 0.25) is 5.91 Å². The number of rotatable bonds is 7. The van der Waals surface area contributed by atoms with Gasteiger partial charge in [-0.15, -0.1) is 0 Å². The third-order valence-electron chi connectivity index (χ3n) is 2.30. The van der Waals surface area contributed by atoms with Gasteiger partial charge in [0.05, 0.1) is 0 Å². The van der Waals surface area contributed by atoms with Gasteiger partial charge in [0.25, 0.3) is 0 Å². The molecule has 4 nitrogen and oxygen atoms in total. The molecule has 0 rings (SSSR count). The van der Waals surface area contributed by atoms with E-state index in [-0.39, 0.29) is 11.7 Å². The van der Waals surface area contributed by atoms with Gasteiger partial charge in [0.15, 0.2) is 0 Å². The number of carboxylic acids is 1. The maximum atomic E-state index is 11.1. The molecule has 0 aromatic rings. The van der Waals surface area contributed by atoms with E-state index in [4.69, 9.17) is 5.11 Å². The van der Waals surface area contributed by atoms with Crippen molar-refractivity contribution in [3.05, 3.63) is 0 Å². The van der Waals surface area contributed by atoms with Crippen molar-refractivity contribution < 1.29 is 14.7 Å². The van der Waals surface area contributed by atoms with Crippen molar-refractivity contribution in [1.82, 2.24) is 5.32 Å². The van der Waals surface area contributed by atoms with Crippen LogP contribution in [0, 0.1) is 0 Å². The van der Waals surface area contributed by atoms with Crippen LogP contribution >= 0.6 is 12.6 Å². The van der Waals surface area contributed by atoms with Gasteiger partial charge >= 0.3 is 5.97 Å². The molecule has 5 heteroatoms. The van der Waals surface area contributed by atoms with Crippen LogP contribution in [0.4, 0.5) is 0 Å². The molecule has 0 unspecified atom stereocenters. The summed E-state index contributed by atoms with van der Waals surface area (Å²) in [5.74, 6) is -1.22. The Hall–Kier alpha value is -0.710. The van der Waals surface area contributed by atoms with Crippen molar-refractivity contribution in [1.29, 1.82) is 0 Å². The van der Waals surface area contributed by atoms with Crippen LogP contribution < -0.4 is 5.32 Å². The summed E-state index contributed by atoms with van der Waals surface area (Å²) in [6.07, 6.45) is 3.19. The number of aliphatic carboxylic acids is 1. The Morgan fingerprint density at radius 1 is 1.40 bits per heavy atom. The van der Waals surface area contributed by atoms with E-state index in [2.05, 4.69) is 17.9 Å². The molecule has 1 atom stereocenters. The van der Waals surface area contributed by atoms with Crippen molar-refractivity contribution in [3.63, 3.8) is 0 Å². The minimum Gasteiger partial charge on any atom is -0.479 e. The van der Waals surface area contributed by atoms with Gasteiger partial charge in [0.1, 0.15) is 5.54 Å². The molecule has 0 aromatic heterocycles. The van der Waals surface area contributed by atoms with Crippen LogP contribution in [0.15, 0.2) is 0 Å². The Labute approximate surface area is 95.8 Å². The lowest BCUT2D eigenvalue weighted by atomic mass is 9.94. The van der Waals surface area contributed by atoms with Gasteiger partial charge < -0.3 is 10.4 Å². The third kappa shape index (κ3) is 4.55. The Morgan fingerprint density at radius 3 is 2.33 bits per heavy atom. The molecule has 88 valence electrons. The average molecular weight is 233 g/mol. The van der Waals surface area contributed by atoms with Crippen LogP contribution in [-0.4, -0.2) is 28.3 Å². The minimum absolute atomic E-state index is 0.117. The lowest BCUT2D eigenvalue weighted by Crippen LogP contribution is -2.55. The fourth-order valence-electron chi connectivity index (χ4n) is 1.42. The quantitative estimate of drug-likeness (QED) is 0.460. The summed E-state index contributed by atoms with van der Waals surface area (Å²) in [6, 6.07) is 0. The van der Waals surface area contributed by atoms with Crippen LogP contribution in [0.5, 0.6) is 0 Å². The largest absolute Gasteiger partial charge is 0.479 e. The zero-order chi connectivity index (χ0) is 11.9. The van der Waals surface area contributed by atoms with E-state index < -0.39 is 11.5 Å². The monoisotopic (exact) mass is 233 g/mol. The maximum Gasteiger partial charge on any atom is 0.330 e. The summed E-state index contributed by atoms with van der Waals surface area (Å²) in [4.78, 5) is 22.1. The van der Waals surface area contributed by atoms with Crippen LogP contribution in [0.3, 0.4) is 0 Å². The van der Waals surface area contributed by atoms with Crippen molar-refractivity contribution in [2.24, 2.45) is 0 Å². The number of carbonyl (C=O) groups excluding carboxylic acids is 1. The number of thiol groups is 1. The Bertz CT molecular complexity index is 233. The standard InChI is InChI=1S/C10H19NO3S/c1-3-4-5-6-10(7-15,9(13)14)11-8(2)12/h15H,3-7H2,1-2H3,(H,11,12)(H,13,14)/t10-/m0/s1. The highest BCUT2D eigenvalue weighted by atomic mass is 32.1. The molecular weight excluding hydrogens is 214 g/mol. The lowest BCUT2D eigenvalue weighted by molar-refractivity contribution is -0.146. The van der Waals surface area contributed by atoms with Crippen LogP contribution in [0.2, 0.25) is 0 Å². The van der Waals surface area contributed by atoms with Crippen molar-refractivity contribution in [3.8, 4) is 0 Å². The highest BCUT2D eigenvalue weighted by Gasteiger charge is 2.37. The number of carbonyl (C=O) groups is 2. The summed E-state index contributed by atoms with van der Waals surface area (Å²) < 4.78 is 0. The normalized spacial score (nSPS) is 14.3. The first-order valence-corrected chi connectivity index (χ1v) is 5.74. The number of nitrogens with one attached hydrogen (secondary N) is 1. The molecule has 0 heterocycles. The second-order valence-electron chi connectivity index (χ2n) is 3.68. The molecule has 0 fully saturated rings. The Kier molecular flexibility index (Phi) is 6.40. The number of unbranched alkanes of at least 4 members (excludes halogenated alkanes) is 2. The minimum atomic E-state index is -1.20. The number of amides is 1. The highest BCUT2D eigenvalue weighted by Crippen LogP contribution is 2.17. The predicted molar refractivity (Wildman–Crippen MR) is 62.2 cm³/mol. The lowest BCUT2D eigenvalue weighted by Gasteiger charge is -2.28. The van der Waals surface area contributed by atoms with Crippen molar-refractivity contribution in [2.45, 2.75) is 45.1 Å². The van der Waals surface area contributed by atoms with E-state index in [1.165, 1.54) is 6.92 Å². The topological polar surface area (TPSA) is 66.4 Å². The summed E-state index contributed by atoms with van der Waals surface area (Å²) in [5, 5.41) is 11.6. The molecule has 0 aliphatic carbocycles. The van der Waals surface area contributed by atoms with E-state index in [0.29, 0.717) is 6.42 Å². The molecule has 0 aliphatic rings. The first-order valence-electron chi connectivity index (χ1n) is 5.11. The van der Waals surface area contributed by atoms with Crippen LogP contribution in [-0.2, 0) is 9.59 Å². The van der Waals surface area contributed by atoms with Crippen LogP contribution in [0.1, 0.15) is 39.5 Å². The average Bonchev–Trinajstić information content (AvgIpc) is 2.15. The fourth-order valence-corrected chi connectivity index (χ4v) is 1.80. The molecule has 0 bridgehead atoms. The molecule has 1 amide bonds. The number of hydrogen-bond acceptors (Lipinski definition) is 3. The second-order valence-corrected chi connectivity index (χ2v) is 4.00. The van der Waals surface area contributed by atoms with Crippen molar-refractivity contribution >= 4 is 24.5 Å². The van der Waals surface area contributed by atoms with Crippen LogP contribution in [0.25, 0.3) is 0 Å². The van der Waals surface area contributed by atoms with E-state index >= 15 is 0 Å². The summed E-state index contributed by atoms with van der Waals surface area (Å²) in [5.41, 5.74) is -1.20. The zero-order valence-corrected chi connectivity index (χ0v) is 10.1. The predicted octanol–water partition coefficient (Wildman–Crippen LogP) is 1.46.